The molecule has 0 saturated carbocycles. The summed E-state index contributed by atoms with van der Waals surface area (Å²) in [7, 11) is 1.87. The first-order valence-corrected chi connectivity index (χ1v) is 9.78. The Kier molecular flexibility index (Phi) is 5.42. The fraction of sp³-hybridized carbons (Fsp3) is 0.348. The molecule has 2 aliphatic heterocycles. The third-order valence-corrected chi connectivity index (χ3v) is 5.32. The van der Waals surface area contributed by atoms with Crippen molar-refractivity contribution >= 4 is 11.5 Å². The van der Waals surface area contributed by atoms with E-state index < -0.39 is 0 Å². The van der Waals surface area contributed by atoms with Crippen LogP contribution in [0.2, 0.25) is 0 Å². The molecule has 0 fully saturated rings. The Labute approximate surface area is 161 Å². The van der Waals surface area contributed by atoms with Crippen LogP contribution in [0.4, 0.5) is 0 Å². The molecule has 2 heterocycles. The van der Waals surface area contributed by atoms with E-state index in [2.05, 4.69) is 69.8 Å². The minimum Gasteiger partial charge on any atom is -0.493 e. The predicted molar refractivity (Wildman–Crippen MR) is 111 cm³/mol. The normalized spacial score (nSPS) is 16.6. The Morgan fingerprint density at radius 1 is 1.15 bits per heavy atom. The molecule has 2 aromatic rings. The Morgan fingerprint density at radius 2 is 2.04 bits per heavy atom. The van der Waals surface area contributed by atoms with E-state index >= 15 is 0 Å². The van der Waals surface area contributed by atoms with Gasteiger partial charge in [0.2, 0.25) is 0 Å². The maximum Gasteiger partial charge on any atom is 0.193 e. The third-order valence-electron chi connectivity index (χ3n) is 5.32. The predicted octanol–water partition coefficient (Wildman–Crippen LogP) is 3.53. The highest BCUT2D eigenvalue weighted by Crippen LogP contribution is 2.26. The molecule has 0 amide bonds. The number of fused-ring (bicyclic) bond motifs is 1. The van der Waals surface area contributed by atoms with Crippen molar-refractivity contribution in [1.29, 1.82) is 0 Å². The van der Waals surface area contributed by atoms with Crippen LogP contribution in [0.15, 0.2) is 59.6 Å². The van der Waals surface area contributed by atoms with Gasteiger partial charge in [-0.1, -0.05) is 48.5 Å². The average Bonchev–Trinajstić information content (AvgIpc) is 3.20. The van der Waals surface area contributed by atoms with E-state index in [1.165, 1.54) is 22.3 Å². The van der Waals surface area contributed by atoms with Crippen LogP contribution in [0.25, 0.3) is 5.57 Å². The summed E-state index contributed by atoms with van der Waals surface area (Å²) in [5.74, 6) is 2.04. The SMILES string of the molecule is CN=C(NCCc1ccc2c(c1)CCO2)N1CC=C(c2ccccc2)CC1. The number of aliphatic imine (C=N–C) groups is 1. The number of guanidine groups is 1. The number of ether oxygens (including phenoxy) is 1. The van der Waals surface area contributed by atoms with E-state index in [4.69, 9.17) is 4.74 Å². The zero-order chi connectivity index (χ0) is 18.5. The molecule has 0 bridgehead atoms. The van der Waals surface area contributed by atoms with Crippen molar-refractivity contribution in [3.8, 4) is 5.75 Å². The topological polar surface area (TPSA) is 36.9 Å². The van der Waals surface area contributed by atoms with Gasteiger partial charge in [-0.05, 0) is 41.2 Å². The summed E-state index contributed by atoms with van der Waals surface area (Å²) in [5, 5.41) is 3.53. The number of nitrogens with one attached hydrogen (secondary N) is 1. The summed E-state index contributed by atoms with van der Waals surface area (Å²) in [4.78, 5) is 6.80. The first-order valence-electron chi connectivity index (χ1n) is 9.78. The van der Waals surface area contributed by atoms with Gasteiger partial charge in [0.15, 0.2) is 5.96 Å². The van der Waals surface area contributed by atoms with Crippen LogP contribution < -0.4 is 10.1 Å². The molecule has 0 radical (unpaired) electrons. The zero-order valence-electron chi connectivity index (χ0n) is 15.9. The summed E-state index contributed by atoms with van der Waals surface area (Å²) >= 11 is 0. The highest BCUT2D eigenvalue weighted by atomic mass is 16.5. The molecule has 2 aromatic carbocycles. The van der Waals surface area contributed by atoms with Crippen molar-refractivity contribution in [2.75, 3.05) is 33.3 Å². The van der Waals surface area contributed by atoms with Gasteiger partial charge >= 0.3 is 0 Å². The Morgan fingerprint density at radius 3 is 2.81 bits per heavy atom. The second kappa shape index (κ2) is 8.30. The van der Waals surface area contributed by atoms with E-state index in [1.807, 2.05) is 7.05 Å². The number of hydrogen-bond acceptors (Lipinski definition) is 2. The molecule has 4 nitrogen and oxygen atoms in total. The van der Waals surface area contributed by atoms with Crippen molar-refractivity contribution in [2.24, 2.45) is 4.99 Å². The van der Waals surface area contributed by atoms with E-state index in [-0.39, 0.29) is 0 Å². The Balaban J connectivity index is 1.30. The molecule has 140 valence electrons. The fourth-order valence-electron chi connectivity index (χ4n) is 3.82. The van der Waals surface area contributed by atoms with Crippen LogP contribution in [-0.4, -0.2) is 44.1 Å². The molecule has 0 saturated heterocycles. The lowest BCUT2D eigenvalue weighted by atomic mass is 10.00. The second-order valence-electron chi connectivity index (χ2n) is 7.06. The van der Waals surface area contributed by atoms with E-state index in [0.29, 0.717) is 0 Å². The number of nitrogens with zero attached hydrogens (tertiary/aromatic N) is 2. The molecule has 1 N–H and O–H groups in total. The molecule has 27 heavy (non-hydrogen) atoms. The van der Waals surface area contributed by atoms with Crippen molar-refractivity contribution < 1.29 is 4.74 Å². The minimum atomic E-state index is 0.817. The van der Waals surface area contributed by atoms with Crippen LogP contribution in [0.3, 0.4) is 0 Å². The van der Waals surface area contributed by atoms with Gasteiger partial charge in [0.25, 0.3) is 0 Å². The molecule has 0 atom stereocenters. The molecule has 0 unspecified atom stereocenters. The van der Waals surface area contributed by atoms with Crippen LogP contribution >= 0.6 is 0 Å². The van der Waals surface area contributed by atoms with Crippen molar-refractivity contribution in [3.05, 3.63) is 71.3 Å². The minimum absolute atomic E-state index is 0.817. The lowest BCUT2D eigenvalue weighted by Gasteiger charge is -2.29. The fourth-order valence-corrected chi connectivity index (χ4v) is 3.82. The van der Waals surface area contributed by atoms with Gasteiger partial charge in [-0.25, -0.2) is 0 Å². The van der Waals surface area contributed by atoms with Crippen molar-refractivity contribution in [2.45, 2.75) is 19.3 Å². The summed E-state index contributed by atoms with van der Waals surface area (Å²) in [5.41, 5.74) is 5.46. The van der Waals surface area contributed by atoms with Gasteiger partial charge < -0.3 is 15.0 Å². The molecular weight excluding hydrogens is 334 g/mol. The number of rotatable bonds is 4. The molecule has 4 rings (SSSR count). The van der Waals surface area contributed by atoms with Crippen LogP contribution in [-0.2, 0) is 12.8 Å². The van der Waals surface area contributed by atoms with Crippen LogP contribution in [0.1, 0.15) is 23.1 Å². The lowest BCUT2D eigenvalue weighted by Crippen LogP contribution is -2.44. The summed E-state index contributed by atoms with van der Waals surface area (Å²) < 4.78 is 5.59. The zero-order valence-corrected chi connectivity index (χ0v) is 15.9. The summed E-state index contributed by atoms with van der Waals surface area (Å²) in [6, 6.07) is 17.2. The standard InChI is InChI=1S/C23H27N3O/c1-24-23(25-13-9-18-7-8-22-21(17-18)12-16-27-22)26-14-10-20(11-15-26)19-5-3-2-4-6-19/h2-8,10,17H,9,11-16H2,1H3,(H,24,25). The second-order valence-corrected chi connectivity index (χ2v) is 7.06. The van der Waals surface area contributed by atoms with Crippen LogP contribution in [0.5, 0.6) is 5.75 Å². The maximum absolute atomic E-state index is 5.59. The monoisotopic (exact) mass is 361 g/mol. The first kappa shape index (κ1) is 17.7. The summed E-state index contributed by atoms with van der Waals surface area (Å²) in [6.45, 7) is 3.60. The highest BCUT2D eigenvalue weighted by molar-refractivity contribution is 5.81. The molecule has 2 aliphatic rings. The Hall–Kier alpha value is -2.75. The third kappa shape index (κ3) is 4.16. The van der Waals surface area contributed by atoms with E-state index in [1.54, 1.807) is 0 Å². The molecule has 0 aromatic heterocycles. The van der Waals surface area contributed by atoms with Gasteiger partial charge in [0.1, 0.15) is 5.75 Å². The van der Waals surface area contributed by atoms with Gasteiger partial charge in [0, 0.05) is 33.1 Å². The largest absolute Gasteiger partial charge is 0.493 e. The van der Waals surface area contributed by atoms with E-state index in [9.17, 15) is 0 Å². The van der Waals surface area contributed by atoms with Gasteiger partial charge in [-0.3, -0.25) is 4.99 Å². The number of hydrogen-bond donors (Lipinski definition) is 1. The molecule has 0 aliphatic carbocycles. The van der Waals surface area contributed by atoms with Gasteiger partial charge in [-0.2, -0.15) is 0 Å². The average molecular weight is 361 g/mol. The molecular formula is C23H27N3O. The summed E-state index contributed by atoms with van der Waals surface area (Å²) in [6.07, 6.45) is 5.40. The number of benzene rings is 2. The smallest absolute Gasteiger partial charge is 0.193 e. The molecule has 4 heteroatoms. The van der Waals surface area contributed by atoms with Crippen molar-refractivity contribution in [3.63, 3.8) is 0 Å². The quantitative estimate of drug-likeness (QED) is 0.669. The molecule has 0 spiro atoms. The lowest BCUT2D eigenvalue weighted by molar-refractivity contribution is 0.357. The van der Waals surface area contributed by atoms with Gasteiger partial charge in [0.05, 0.1) is 6.61 Å². The van der Waals surface area contributed by atoms with Gasteiger partial charge in [-0.15, -0.1) is 0 Å². The van der Waals surface area contributed by atoms with Crippen LogP contribution in [0, 0.1) is 0 Å². The Bertz CT molecular complexity index is 842. The van der Waals surface area contributed by atoms with Crippen molar-refractivity contribution in [1.82, 2.24) is 10.2 Å². The first-order chi connectivity index (χ1) is 13.3. The maximum atomic E-state index is 5.59. The highest BCUT2D eigenvalue weighted by Gasteiger charge is 2.16. The van der Waals surface area contributed by atoms with E-state index in [0.717, 1.165) is 57.2 Å².